The molecular formula is C9H11NaO2S. The van der Waals surface area contributed by atoms with Gasteiger partial charge in [0.25, 0.3) is 0 Å². The van der Waals surface area contributed by atoms with Crippen LogP contribution in [0.5, 0.6) is 0 Å². The number of benzene rings is 1. The molecule has 1 aromatic rings. The van der Waals surface area contributed by atoms with Crippen molar-refractivity contribution in [1.82, 2.24) is 0 Å². The van der Waals surface area contributed by atoms with Gasteiger partial charge in [-0.3, -0.25) is 4.21 Å². The first-order valence-electron chi connectivity index (χ1n) is 3.72. The van der Waals surface area contributed by atoms with Gasteiger partial charge in [0.2, 0.25) is 0 Å². The first-order chi connectivity index (χ1) is 5.61. The molecule has 2 nitrogen and oxygen atoms in total. The van der Waals surface area contributed by atoms with Crippen molar-refractivity contribution in [2.75, 3.05) is 0 Å². The van der Waals surface area contributed by atoms with Crippen LogP contribution < -0.4 is 29.6 Å². The monoisotopic (exact) mass is 206 g/mol. The zero-order chi connectivity index (χ0) is 9.14. The van der Waals surface area contributed by atoms with Crippen molar-refractivity contribution in [2.45, 2.75) is 19.6 Å². The normalized spacial score (nSPS) is 11.9. The SMILES string of the molecule is Cc1cccc(C)c1CS(=O)[O-].[Na+]. The van der Waals surface area contributed by atoms with E-state index in [1.54, 1.807) is 0 Å². The first kappa shape index (κ1) is 13.3. The molecule has 4 heteroatoms. The molecule has 0 saturated heterocycles. The molecule has 0 aliphatic carbocycles. The van der Waals surface area contributed by atoms with Gasteiger partial charge in [0.05, 0.1) is 0 Å². The van der Waals surface area contributed by atoms with Crippen molar-refractivity contribution in [3.63, 3.8) is 0 Å². The van der Waals surface area contributed by atoms with Crippen LogP contribution in [-0.4, -0.2) is 8.76 Å². The molecule has 13 heavy (non-hydrogen) atoms. The van der Waals surface area contributed by atoms with Crippen LogP contribution in [0.15, 0.2) is 18.2 Å². The largest absolute Gasteiger partial charge is 1.00 e. The molecule has 0 fully saturated rings. The Bertz CT molecular complexity index is 292. The fourth-order valence-corrected chi connectivity index (χ4v) is 1.89. The number of hydrogen-bond donors (Lipinski definition) is 0. The van der Waals surface area contributed by atoms with Crippen molar-refractivity contribution in [3.05, 3.63) is 34.9 Å². The van der Waals surface area contributed by atoms with E-state index in [0.29, 0.717) is 0 Å². The van der Waals surface area contributed by atoms with Crippen molar-refractivity contribution in [2.24, 2.45) is 0 Å². The van der Waals surface area contributed by atoms with Gasteiger partial charge in [-0.15, -0.1) is 0 Å². The summed E-state index contributed by atoms with van der Waals surface area (Å²) in [6.07, 6.45) is 0. The second kappa shape index (κ2) is 5.94. The molecule has 0 saturated carbocycles. The maximum absolute atomic E-state index is 10.5. The van der Waals surface area contributed by atoms with Crippen molar-refractivity contribution in [1.29, 1.82) is 0 Å². The van der Waals surface area contributed by atoms with E-state index < -0.39 is 11.1 Å². The van der Waals surface area contributed by atoms with Gasteiger partial charge in [0.1, 0.15) is 0 Å². The van der Waals surface area contributed by atoms with Gasteiger partial charge in [0, 0.05) is 5.75 Å². The Kier molecular flexibility index (Phi) is 6.09. The van der Waals surface area contributed by atoms with Crippen LogP contribution in [0, 0.1) is 13.8 Å². The summed E-state index contributed by atoms with van der Waals surface area (Å²) < 4.78 is 20.9. The molecule has 0 spiro atoms. The van der Waals surface area contributed by atoms with Crippen LogP contribution in [0.3, 0.4) is 0 Å². The Labute approximate surface area is 103 Å². The third-order valence-electron chi connectivity index (χ3n) is 1.91. The van der Waals surface area contributed by atoms with Gasteiger partial charge in [-0.1, -0.05) is 29.3 Å². The Hall–Kier alpha value is 0.330. The molecule has 0 amide bonds. The van der Waals surface area contributed by atoms with Gasteiger partial charge < -0.3 is 4.55 Å². The predicted molar refractivity (Wildman–Crippen MR) is 48.5 cm³/mol. The van der Waals surface area contributed by atoms with E-state index in [0.717, 1.165) is 16.7 Å². The van der Waals surface area contributed by atoms with Crippen molar-refractivity contribution < 1.29 is 38.3 Å². The first-order valence-corrected chi connectivity index (χ1v) is 4.96. The van der Waals surface area contributed by atoms with Crippen LogP contribution in [0.1, 0.15) is 16.7 Å². The van der Waals surface area contributed by atoms with Crippen LogP contribution in [0.2, 0.25) is 0 Å². The van der Waals surface area contributed by atoms with Crippen LogP contribution >= 0.6 is 0 Å². The fourth-order valence-electron chi connectivity index (χ4n) is 1.19. The Balaban J connectivity index is 0.00000144. The standard InChI is InChI=1S/C9H12O2S.Na/c1-7-4-3-5-8(2)9(7)6-12(10)11;/h3-5H,6H2,1-2H3,(H,10,11);/q;+1/p-1. The molecular weight excluding hydrogens is 195 g/mol. The van der Waals surface area contributed by atoms with E-state index in [2.05, 4.69) is 0 Å². The van der Waals surface area contributed by atoms with Gasteiger partial charge in [-0.2, -0.15) is 0 Å². The molecule has 1 aromatic carbocycles. The topological polar surface area (TPSA) is 40.1 Å². The third kappa shape index (κ3) is 3.92. The minimum Gasteiger partial charge on any atom is -0.772 e. The second-order valence-corrected chi connectivity index (χ2v) is 3.71. The quantitative estimate of drug-likeness (QED) is 0.445. The molecule has 1 rings (SSSR count). The molecule has 0 aliphatic rings. The number of hydrogen-bond acceptors (Lipinski definition) is 2. The van der Waals surface area contributed by atoms with Crippen molar-refractivity contribution >= 4 is 11.1 Å². The summed E-state index contributed by atoms with van der Waals surface area (Å²) in [6.45, 7) is 3.85. The van der Waals surface area contributed by atoms with E-state index >= 15 is 0 Å². The van der Waals surface area contributed by atoms with Crippen molar-refractivity contribution in [3.8, 4) is 0 Å². The summed E-state index contributed by atoms with van der Waals surface area (Å²) in [7, 11) is 0. The number of aryl methyl sites for hydroxylation is 2. The molecule has 0 heterocycles. The van der Waals surface area contributed by atoms with E-state index in [4.69, 9.17) is 0 Å². The fraction of sp³-hybridized carbons (Fsp3) is 0.333. The molecule has 0 bridgehead atoms. The van der Waals surface area contributed by atoms with E-state index in [1.165, 1.54) is 0 Å². The Morgan fingerprint density at radius 1 is 1.31 bits per heavy atom. The molecule has 0 aromatic heterocycles. The average molecular weight is 206 g/mol. The minimum atomic E-state index is -1.99. The summed E-state index contributed by atoms with van der Waals surface area (Å²) in [5, 5.41) is 0. The molecule has 66 valence electrons. The average Bonchev–Trinajstić information content (AvgIpc) is 1.97. The van der Waals surface area contributed by atoms with Gasteiger partial charge in [-0.25, -0.2) is 0 Å². The summed E-state index contributed by atoms with van der Waals surface area (Å²) in [5.41, 5.74) is 3.00. The van der Waals surface area contributed by atoms with Crippen LogP contribution in [-0.2, 0) is 16.8 Å². The van der Waals surface area contributed by atoms with Crippen LogP contribution in [0.4, 0.5) is 0 Å². The smallest absolute Gasteiger partial charge is 0.772 e. The zero-order valence-corrected chi connectivity index (χ0v) is 11.0. The maximum Gasteiger partial charge on any atom is 1.00 e. The zero-order valence-electron chi connectivity index (χ0n) is 8.16. The molecule has 1 atom stereocenters. The molecule has 1 unspecified atom stereocenters. The summed E-state index contributed by atoms with van der Waals surface area (Å²) >= 11 is -1.99. The predicted octanol–water partition coefficient (Wildman–Crippen LogP) is -1.31. The molecule has 0 N–H and O–H groups in total. The minimum absolute atomic E-state index is 0. The third-order valence-corrected chi connectivity index (χ3v) is 2.43. The second-order valence-electron chi connectivity index (χ2n) is 2.82. The maximum atomic E-state index is 10.5. The summed E-state index contributed by atoms with van der Waals surface area (Å²) in [6, 6.07) is 5.78. The van der Waals surface area contributed by atoms with E-state index in [1.807, 2.05) is 32.0 Å². The Morgan fingerprint density at radius 2 is 1.77 bits per heavy atom. The summed E-state index contributed by atoms with van der Waals surface area (Å²) in [5.74, 6) is 0.124. The van der Waals surface area contributed by atoms with Crippen LogP contribution in [0.25, 0.3) is 0 Å². The Morgan fingerprint density at radius 3 is 2.15 bits per heavy atom. The van der Waals surface area contributed by atoms with E-state index in [9.17, 15) is 8.76 Å². The van der Waals surface area contributed by atoms with E-state index in [-0.39, 0.29) is 35.3 Å². The summed E-state index contributed by atoms with van der Waals surface area (Å²) in [4.78, 5) is 0. The van der Waals surface area contributed by atoms with Gasteiger partial charge >= 0.3 is 29.6 Å². The molecule has 0 aliphatic heterocycles. The molecule has 0 radical (unpaired) electrons. The number of rotatable bonds is 2. The van der Waals surface area contributed by atoms with Gasteiger partial charge in [0.15, 0.2) is 0 Å². The van der Waals surface area contributed by atoms with Gasteiger partial charge in [-0.05, 0) is 30.5 Å².